The number of anilines is 1. The summed E-state index contributed by atoms with van der Waals surface area (Å²) in [6, 6.07) is 4.08. The first-order valence-corrected chi connectivity index (χ1v) is 9.19. The van der Waals surface area contributed by atoms with E-state index in [2.05, 4.69) is 10.3 Å². The minimum absolute atomic E-state index is 0.0697. The second-order valence-electron chi connectivity index (χ2n) is 7.24. The van der Waals surface area contributed by atoms with Gasteiger partial charge in [-0.05, 0) is 38.3 Å². The summed E-state index contributed by atoms with van der Waals surface area (Å²) in [7, 11) is 3.03. The fourth-order valence-corrected chi connectivity index (χ4v) is 3.56. The molecule has 3 aromatic rings. The van der Waals surface area contributed by atoms with Crippen LogP contribution in [0.1, 0.15) is 29.5 Å². The van der Waals surface area contributed by atoms with Crippen molar-refractivity contribution in [1.82, 2.24) is 18.7 Å². The Bertz CT molecular complexity index is 1160. The van der Waals surface area contributed by atoms with Gasteiger partial charge < -0.3 is 9.88 Å². The molecular weight excluding hydrogens is 358 g/mol. The summed E-state index contributed by atoms with van der Waals surface area (Å²) in [5.41, 5.74) is 4.02. The standard InChI is InChI=1S/C20H25N5O3/c1-12-9-13(2)16(14(3)10-12)22-15(26)7-6-8-25-11-21-18-17(25)19(27)24(5)20(28)23(18)4/h9-11H,6-8H2,1-5H3,(H,22,26). The number of fused-ring (bicyclic) bond motifs is 1. The van der Waals surface area contributed by atoms with Crippen molar-refractivity contribution in [2.75, 3.05) is 5.32 Å². The number of nitrogens with zero attached hydrogens (tertiary/aromatic N) is 4. The summed E-state index contributed by atoms with van der Waals surface area (Å²) in [4.78, 5) is 41.0. The van der Waals surface area contributed by atoms with Gasteiger partial charge in [0.15, 0.2) is 11.2 Å². The molecule has 0 radical (unpaired) electrons. The van der Waals surface area contributed by atoms with Gasteiger partial charge in [-0.2, -0.15) is 0 Å². The fourth-order valence-electron chi connectivity index (χ4n) is 3.56. The Balaban J connectivity index is 1.72. The number of aryl methyl sites for hydroxylation is 5. The van der Waals surface area contributed by atoms with Gasteiger partial charge in [-0.15, -0.1) is 0 Å². The summed E-state index contributed by atoms with van der Waals surface area (Å²) >= 11 is 0. The minimum Gasteiger partial charge on any atom is -0.326 e. The second kappa shape index (κ2) is 7.46. The Hall–Kier alpha value is -3.16. The molecule has 8 heteroatoms. The highest BCUT2D eigenvalue weighted by molar-refractivity contribution is 5.92. The quantitative estimate of drug-likeness (QED) is 0.727. The van der Waals surface area contributed by atoms with Crippen LogP contribution in [0.4, 0.5) is 5.69 Å². The summed E-state index contributed by atoms with van der Waals surface area (Å²) in [5, 5.41) is 2.98. The number of hydrogen-bond donors (Lipinski definition) is 1. The number of aromatic nitrogens is 4. The SMILES string of the molecule is Cc1cc(C)c(NC(=O)CCCn2cnc3c2c(=O)n(C)c(=O)n3C)c(C)c1. The maximum absolute atomic E-state index is 12.4. The highest BCUT2D eigenvalue weighted by Crippen LogP contribution is 2.22. The van der Waals surface area contributed by atoms with Crippen LogP contribution in [-0.2, 0) is 25.4 Å². The van der Waals surface area contributed by atoms with E-state index in [1.54, 1.807) is 11.6 Å². The molecule has 1 amide bonds. The van der Waals surface area contributed by atoms with Crippen LogP contribution in [-0.4, -0.2) is 24.6 Å². The van der Waals surface area contributed by atoms with Crippen molar-refractivity contribution >= 4 is 22.8 Å². The molecule has 2 heterocycles. The molecule has 0 fully saturated rings. The molecule has 8 nitrogen and oxygen atoms in total. The third-order valence-electron chi connectivity index (χ3n) is 4.96. The maximum Gasteiger partial charge on any atom is 0.332 e. The van der Waals surface area contributed by atoms with Gasteiger partial charge in [0, 0.05) is 32.7 Å². The second-order valence-corrected chi connectivity index (χ2v) is 7.24. The van der Waals surface area contributed by atoms with Crippen molar-refractivity contribution in [2.45, 2.75) is 40.2 Å². The first-order chi connectivity index (χ1) is 13.2. The molecule has 0 spiro atoms. The summed E-state index contributed by atoms with van der Waals surface area (Å²) in [5.74, 6) is -0.0697. The zero-order valence-electron chi connectivity index (χ0n) is 16.9. The van der Waals surface area contributed by atoms with E-state index in [1.165, 1.54) is 17.9 Å². The van der Waals surface area contributed by atoms with Crippen molar-refractivity contribution in [3.8, 4) is 0 Å². The lowest BCUT2D eigenvalue weighted by molar-refractivity contribution is -0.116. The Kier molecular flexibility index (Phi) is 5.22. The first-order valence-electron chi connectivity index (χ1n) is 9.19. The van der Waals surface area contributed by atoms with Gasteiger partial charge >= 0.3 is 5.69 Å². The van der Waals surface area contributed by atoms with Crippen LogP contribution in [0.15, 0.2) is 28.0 Å². The molecule has 148 valence electrons. The Morgan fingerprint density at radius 2 is 1.71 bits per heavy atom. The topological polar surface area (TPSA) is 90.9 Å². The zero-order valence-corrected chi connectivity index (χ0v) is 16.9. The lowest BCUT2D eigenvalue weighted by Crippen LogP contribution is -2.37. The lowest BCUT2D eigenvalue weighted by Gasteiger charge is -2.13. The third kappa shape index (κ3) is 3.49. The number of nitrogens with one attached hydrogen (secondary N) is 1. The normalized spacial score (nSPS) is 11.2. The molecule has 0 atom stereocenters. The number of benzene rings is 1. The van der Waals surface area contributed by atoms with Gasteiger partial charge in [-0.25, -0.2) is 9.78 Å². The van der Waals surface area contributed by atoms with Crippen LogP contribution in [0.3, 0.4) is 0 Å². The Labute approximate surface area is 162 Å². The van der Waals surface area contributed by atoms with Crippen LogP contribution in [0.2, 0.25) is 0 Å². The number of carbonyl (C=O) groups excluding carboxylic acids is 1. The molecule has 1 aromatic carbocycles. The molecule has 0 aliphatic carbocycles. The predicted molar refractivity (Wildman–Crippen MR) is 109 cm³/mol. The summed E-state index contributed by atoms with van der Waals surface area (Å²) in [6.45, 7) is 6.45. The van der Waals surface area contributed by atoms with Gasteiger partial charge in [0.1, 0.15) is 0 Å². The zero-order chi connectivity index (χ0) is 20.6. The number of carbonyl (C=O) groups is 1. The Morgan fingerprint density at radius 1 is 1.07 bits per heavy atom. The lowest BCUT2D eigenvalue weighted by atomic mass is 10.0. The van der Waals surface area contributed by atoms with E-state index in [0.29, 0.717) is 30.6 Å². The Morgan fingerprint density at radius 3 is 2.36 bits per heavy atom. The number of amides is 1. The van der Waals surface area contributed by atoms with Crippen LogP contribution in [0.25, 0.3) is 11.2 Å². The monoisotopic (exact) mass is 383 g/mol. The minimum atomic E-state index is -0.411. The molecule has 0 saturated heterocycles. The van der Waals surface area contributed by atoms with Crippen LogP contribution < -0.4 is 16.6 Å². The van der Waals surface area contributed by atoms with E-state index in [4.69, 9.17) is 0 Å². The average Bonchev–Trinajstić information content (AvgIpc) is 3.05. The fraction of sp³-hybridized carbons (Fsp3) is 0.400. The first kappa shape index (κ1) is 19.6. The van der Waals surface area contributed by atoms with E-state index in [1.807, 2.05) is 32.9 Å². The van der Waals surface area contributed by atoms with E-state index in [9.17, 15) is 14.4 Å². The highest BCUT2D eigenvalue weighted by atomic mass is 16.2. The molecule has 3 rings (SSSR count). The van der Waals surface area contributed by atoms with E-state index in [0.717, 1.165) is 26.9 Å². The molecule has 0 aliphatic heterocycles. The largest absolute Gasteiger partial charge is 0.332 e. The molecule has 0 unspecified atom stereocenters. The summed E-state index contributed by atoms with van der Waals surface area (Å²) < 4.78 is 4.12. The van der Waals surface area contributed by atoms with Crippen molar-refractivity contribution in [1.29, 1.82) is 0 Å². The highest BCUT2D eigenvalue weighted by Gasteiger charge is 2.14. The molecule has 0 aliphatic rings. The van der Waals surface area contributed by atoms with Crippen LogP contribution in [0, 0.1) is 20.8 Å². The van der Waals surface area contributed by atoms with E-state index >= 15 is 0 Å². The predicted octanol–water partition coefficient (Wildman–Crippen LogP) is 1.78. The third-order valence-corrected chi connectivity index (χ3v) is 4.96. The molecular formula is C20H25N5O3. The van der Waals surface area contributed by atoms with Crippen LogP contribution >= 0.6 is 0 Å². The van der Waals surface area contributed by atoms with Gasteiger partial charge in [0.05, 0.1) is 6.33 Å². The smallest absolute Gasteiger partial charge is 0.326 e. The van der Waals surface area contributed by atoms with Crippen LogP contribution in [0.5, 0.6) is 0 Å². The van der Waals surface area contributed by atoms with Crippen molar-refractivity contribution < 1.29 is 4.79 Å². The molecule has 0 bridgehead atoms. The van der Waals surface area contributed by atoms with Gasteiger partial charge in [0.2, 0.25) is 5.91 Å². The van der Waals surface area contributed by atoms with Crippen molar-refractivity contribution in [3.05, 3.63) is 56.0 Å². The molecule has 28 heavy (non-hydrogen) atoms. The average molecular weight is 383 g/mol. The van der Waals surface area contributed by atoms with E-state index < -0.39 is 5.69 Å². The summed E-state index contributed by atoms with van der Waals surface area (Å²) in [6.07, 6.45) is 2.41. The molecule has 1 N–H and O–H groups in total. The van der Waals surface area contributed by atoms with Crippen molar-refractivity contribution in [3.63, 3.8) is 0 Å². The van der Waals surface area contributed by atoms with Crippen molar-refractivity contribution in [2.24, 2.45) is 14.1 Å². The number of rotatable bonds is 5. The van der Waals surface area contributed by atoms with Gasteiger partial charge in [0.25, 0.3) is 5.56 Å². The number of hydrogen-bond acceptors (Lipinski definition) is 4. The maximum atomic E-state index is 12.4. The molecule has 0 saturated carbocycles. The van der Waals surface area contributed by atoms with Gasteiger partial charge in [-0.1, -0.05) is 17.7 Å². The molecule has 2 aromatic heterocycles. The van der Waals surface area contributed by atoms with Gasteiger partial charge in [-0.3, -0.25) is 18.7 Å². The number of imidazole rings is 1. The van der Waals surface area contributed by atoms with E-state index in [-0.39, 0.29) is 11.5 Å².